The number of carbonyl (C=O) groups excluding carboxylic acids is 1. The minimum atomic E-state index is -0.299. The molecule has 1 atom stereocenters. The molecule has 3 rings (SSSR count). The first-order chi connectivity index (χ1) is 8.74. The van der Waals surface area contributed by atoms with Gasteiger partial charge in [-0.2, -0.15) is 0 Å². The second-order valence-electron chi connectivity index (χ2n) is 5.44. The van der Waals surface area contributed by atoms with Crippen LogP contribution in [0, 0.1) is 0 Å². The van der Waals surface area contributed by atoms with E-state index in [4.69, 9.17) is 0 Å². The van der Waals surface area contributed by atoms with E-state index in [0.29, 0.717) is 25.4 Å². The first-order valence-electron chi connectivity index (χ1n) is 6.77. The number of carbonyl (C=O) groups is 1. The molecule has 1 N–H and O–H groups in total. The van der Waals surface area contributed by atoms with Gasteiger partial charge in [-0.3, -0.25) is 4.79 Å². The summed E-state index contributed by atoms with van der Waals surface area (Å²) in [6.45, 7) is 1.04. The number of benzene rings is 1. The van der Waals surface area contributed by atoms with Crippen LogP contribution in [0.25, 0.3) is 0 Å². The fourth-order valence-corrected chi connectivity index (χ4v) is 3.07. The normalized spacial score (nSPS) is 23.4. The third-order valence-corrected chi connectivity index (χ3v) is 4.13. The van der Waals surface area contributed by atoms with Crippen LogP contribution in [0.2, 0.25) is 0 Å². The zero-order valence-corrected chi connectivity index (χ0v) is 10.5. The van der Waals surface area contributed by atoms with Crippen LogP contribution in [0.3, 0.4) is 0 Å². The molecule has 3 nitrogen and oxygen atoms in total. The van der Waals surface area contributed by atoms with Crippen LogP contribution in [0.15, 0.2) is 24.3 Å². The van der Waals surface area contributed by atoms with E-state index < -0.39 is 0 Å². The topological polar surface area (TPSA) is 40.5 Å². The van der Waals surface area contributed by atoms with E-state index in [-0.39, 0.29) is 12.0 Å². The van der Waals surface area contributed by atoms with Crippen molar-refractivity contribution < 1.29 is 9.90 Å². The lowest BCUT2D eigenvalue weighted by Crippen LogP contribution is -2.53. The Bertz CT molecular complexity index is 452. The molecule has 3 heteroatoms. The summed E-state index contributed by atoms with van der Waals surface area (Å²) < 4.78 is 0. The molecule has 1 saturated heterocycles. The van der Waals surface area contributed by atoms with E-state index in [2.05, 4.69) is 24.3 Å². The maximum absolute atomic E-state index is 12.1. The monoisotopic (exact) mass is 245 g/mol. The zero-order valence-electron chi connectivity index (χ0n) is 10.5. The SMILES string of the molecule is O=C(CC1CCCc2ccccc21)N1CC(O)C1. The van der Waals surface area contributed by atoms with Crippen LogP contribution in [-0.4, -0.2) is 35.1 Å². The van der Waals surface area contributed by atoms with Gasteiger partial charge in [0.1, 0.15) is 0 Å². The fraction of sp³-hybridized carbons (Fsp3) is 0.533. The van der Waals surface area contributed by atoms with Crippen molar-refractivity contribution in [3.8, 4) is 0 Å². The van der Waals surface area contributed by atoms with Gasteiger partial charge in [-0.05, 0) is 36.3 Å². The van der Waals surface area contributed by atoms with Crippen LogP contribution in [-0.2, 0) is 11.2 Å². The lowest BCUT2D eigenvalue weighted by molar-refractivity contribution is -0.141. The molecule has 1 aromatic rings. The highest BCUT2D eigenvalue weighted by atomic mass is 16.3. The number of aliphatic hydroxyl groups is 1. The standard InChI is InChI=1S/C15H19NO2/c17-13-9-16(10-13)15(18)8-12-6-3-5-11-4-1-2-7-14(11)12/h1-2,4,7,12-13,17H,3,5-6,8-10H2. The summed E-state index contributed by atoms with van der Waals surface area (Å²) in [5.41, 5.74) is 2.77. The molecule has 0 saturated carbocycles. The van der Waals surface area contributed by atoms with Gasteiger partial charge in [0.05, 0.1) is 6.10 Å². The molecule has 1 fully saturated rings. The largest absolute Gasteiger partial charge is 0.389 e. The Morgan fingerprint density at radius 1 is 1.33 bits per heavy atom. The van der Waals surface area contributed by atoms with Crippen LogP contribution < -0.4 is 0 Å². The summed E-state index contributed by atoms with van der Waals surface area (Å²) in [6, 6.07) is 8.49. The lowest BCUT2D eigenvalue weighted by Gasteiger charge is -2.37. The maximum atomic E-state index is 12.1. The number of hydrogen-bond acceptors (Lipinski definition) is 2. The Hall–Kier alpha value is -1.35. The molecule has 1 aromatic carbocycles. The van der Waals surface area contributed by atoms with Gasteiger partial charge in [-0.15, -0.1) is 0 Å². The van der Waals surface area contributed by atoms with Gasteiger partial charge in [0.25, 0.3) is 0 Å². The summed E-state index contributed by atoms with van der Waals surface area (Å²) in [4.78, 5) is 13.8. The molecule has 96 valence electrons. The molecular weight excluding hydrogens is 226 g/mol. The smallest absolute Gasteiger partial charge is 0.223 e. The Morgan fingerprint density at radius 2 is 2.11 bits per heavy atom. The molecule has 0 bridgehead atoms. The number of aliphatic hydroxyl groups excluding tert-OH is 1. The molecular formula is C15H19NO2. The van der Waals surface area contributed by atoms with Crippen molar-refractivity contribution in [3.05, 3.63) is 35.4 Å². The second kappa shape index (κ2) is 4.73. The number of fused-ring (bicyclic) bond motifs is 1. The van der Waals surface area contributed by atoms with Gasteiger partial charge in [-0.1, -0.05) is 24.3 Å². The highest BCUT2D eigenvalue weighted by Gasteiger charge is 2.31. The summed E-state index contributed by atoms with van der Waals surface area (Å²) in [5.74, 6) is 0.571. The molecule has 1 aliphatic heterocycles. The van der Waals surface area contributed by atoms with Gasteiger partial charge in [0.15, 0.2) is 0 Å². The predicted molar refractivity (Wildman–Crippen MR) is 69.3 cm³/mol. The first-order valence-corrected chi connectivity index (χ1v) is 6.77. The number of likely N-dealkylation sites (tertiary alicyclic amines) is 1. The number of nitrogens with zero attached hydrogens (tertiary/aromatic N) is 1. The molecule has 0 spiro atoms. The van der Waals surface area contributed by atoms with Crippen molar-refractivity contribution in [2.75, 3.05) is 13.1 Å². The average molecular weight is 245 g/mol. The molecule has 1 aliphatic carbocycles. The lowest BCUT2D eigenvalue weighted by atomic mass is 9.81. The van der Waals surface area contributed by atoms with Crippen LogP contribution in [0.5, 0.6) is 0 Å². The van der Waals surface area contributed by atoms with Gasteiger partial charge < -0.3 is 10.0 Å². The Balaban J connectivity index is 1.69. The molecule has 1 amide bonds. The summed E-state index contributed by atoms with van der Waals surface area (Å²) in [5, 5.41) is 9.24. The third-order valence-electron chi connectivity index (χ3n) is 4.13. The number of hydrogen-bond donors (Lipinski definition) is 1. The van der Waals surface area contributed by atoms with Crippen LogP contribution in [0.1, 0.15) is 36.3 Å². The highest BCUT2D eigenvalue weighted by Crippen LogP contribution is 2.34. The summed E-state index contributed by atoms with van der Waals surface area (Å²) in [6.07, 6.45) is 3.73. The predicted octanol–water partition coefficient (Wildman–Crippen LogP) is 1.70. The fourth-order valence-electron chi connectivity index (χ4n) is 3.07. The number of β-amino-alcohol motifs (C(OH)–C–C–N with tert-alkyl or cyclic N) is 1. The number of aryl methyl sites for hydroxylation is 1. The van der Waals surface area contributed by atoms with E-state index in [0.717, 1.165) is 12.8 Å². The first kappa shape index (κ1) is 11.7. The van der Waals surface area contributed by atoms with E-state index in [1.165, 1.54) is 17.5 Å². The zero-order chi connectivity index (χ0) is 12.5. The van der Waals surface area contributed by atoms with E-state index in [9.17, 15) is 9.90 Å². The quantitative estimate of drug-likeness (QED) is 0.861. The molecule has 1 heterocycles. The molecule has 0 aromatic heterocycles. The Kier molecular flexibility index (Phi) is 3.08. The highest BCUT2D eigenvalue weighted by molar-refractivity contribution is 5.78. The second-order valence-corrected chi connectivity index (χ2v) is 5.44. The van der Waals surface area contributed by atoms with Gasteiger partial charge >= 0.3 is 0 Å². The third kappa shape index (κ3) is 2.15. The van der Waals surface area contributed by atoms with Crippen LogP contribution in [0.4, 0.5) is 0 Å². The van der Waals surface area contributed by atoms with Crippen molar-refractivity contribution in [1.82, 2.24) is 4.90 Å². The van der Waals surface area contributed by atoms with E-state index in [1.54, 1.807) is 4.90 Å². The number of amides is 1. The van der Waals surface area contributed by atoms with E-state index in [1.807, 2.05) is 0 Å². The number of rotatable bonds is 2. The molecule has 0 radical (unpaired) electrons. The van der Waals surface area contributed by atoms with Crippen molar-refractivity contribution in [1.29, 1.82) is 0 Å². The average Bonchev–Trinajstić information content (AvgIpc) is 2.35. The maximum Gasteiger partial charge on any atom is 0.223 e. The minimum Gasteiger partial charge on any atom is -0.389 e. The summed E-state index contributed by atoms with van der Waals surface area (Å²) in [7, 11) is 0. The minimum absolute atomic E-state index is 0.196. The van der Waals surface area contributed by atoms with Crippen molar-refractivity contribution in [3.63, 3.8) is 0 Å². The van der Waals surface area contributed by atoms with Crippen molar-refractivity contribution in [2.45, 2.75) is 37.7 Å². The molecule has 18 heavy (non-hydrogen) atoms. The Labute approximate surface area is 107 Å². The van der Waals surface area contributed by atoms with Gasteiger partial charge in [0, 0.05) is 19.5 Å². The summed E-state index contributed by atoms with van der Waals surface area (Å²) >= 11 is 0. The van der Waals surface area contributed by atoms with Crippen molar-refractivity contribution >= 4 is 5.91 Å². The Morgan fingerprint density at radius 3 is 2.89 bits per heavy atom. The van der Waals surface area contributed by atoms with Crippen molar-refractivity contribution in [2.24, 2.45) is 0 Å². The van der Waals surface area contributed by atoms with Gasteiger partial charge in [0.2, 0.25) is 5.91 Å². The molecule has 1 unspecified atom stereocenters. The van der Waals surface area contributed by atoms with E-state index >= 15 is 0 Å². The van der Waals surface area contributed by atoms with Crippen LogP contribution >= 0.6 is 0 Å². The van der Waals surface area contributed by atoms with Gasteiger partial charge in [-0.25, -0.2) is 0 Å². The molecule has 2 aliphatic rings.